The van der Waals surface area contributed by atoms with E-state index in [0.29, 0.717) is 5.69 Å². The Kier molecular flexibility index (Phi) is 5.77. The second-order valence-corrected chi connectivity index (χ2v) is 9.27. The molecular formula is C24H22F5N3O3. The molecule has 1 N–H and O–H groups in total. The molecule has 4 rings (SSSR count). The summed E-state index contributed by atoms with van der Waals surface area (Å²) >= 11 is 0. The van der Waals surface area contributed by atoms with Gasteiger partial charge in [-0.15, -0.1) is 0 Å². The fourth-order valence-electron chi connectivity index (χ4n) is 4.19. The number of benzene rings is 1. The number of aromatic nitrogens is 2. The predicted molar refractivity (Wildman–Crippen MR) is 116 cm³/mol. The molecule has 0 aliphatic carbocycles. The lowest BCUT2D eigenvalue weighted by Gasteiger charge is -2.29. The number of esters is 1. The van der Waals surface area contributed by atoms with E-state index in [0.717, 1.165) is 35.4 Å². The van der Waals surface area contributed by atoms with E-state index < -0.39 is 46.8 Å². The first-order chi connectivity index (χ1) is 16.2. The first kappa shape index (κ1) is 24.5. The summed E-state index contributed by atoms with van der Waals surface area (Å²) in [6.07, 6.45) is -2.96. The zero-order chi connectivity index (χ0) is 25.9. The van der Waals surface area contributed by atoms with Gasteiger partial charge in [-0.1, -0.05) is 13.8 Å². The minimum absolute atomic E-state index is 0.0806. The number of H-pyrrole nitrogens is 1. The van der Waals surface area contributed by atoms with Gasteiger partial charge in [-0.05, 0) is 38.1 Å². The average Bonchev–Trinajstić information content (AvgIpc) is 3.26. The molecule has 1 aromatic carbocycles. The number of hydrogen-bond donors (Lipinski definition) is 1. The normalized spacial score (nSPS) is 15.7. The number of fused-ring (bicyclic) bond motifs is 3. The molecule has 0 bridgehead atoms. The van der Waals surface area contributed by atoms with Crippen molar-refractivity contribution in [1.82, 2.24) is 14.3 Å². The van der Waals surface area contributed by atoms with Crippen LogP contribution in [0.25, 0.3) is 11.2 Å². The van der Waals surface area contributed by atoms with Crippen LogP contribution in [-0.2, 0) is 21.1 Å². The van der Waals surface area contributed by atoms with Crippen molar-refractivity contribution in [3.05, 3.63) is 70.8 Å². The zero-order valence-corrected chi connectivity index (χ0v) is 19.3. The summed E-state index contributed by atoms with van der Waals surface area (Å²) in [5.74, 6) is -3.87. The highest BCUT2D eigenvalue weighted by Gasteiger charge is 2.40. The van der Waals surface area contributed by atoms with Gasteiger partial charge in [0.1, 0.15) is 11.2 Å². The second-order valence-electron chi connectivity index (χ2n) is 9.27. The lowest BCUT2D eigenvalue weighted by atomic mass is 9.87. The number of hydrogen-bond acceptors (Lipinski definition) is 3. The number of halogens is 5. The van der Waals surface area contributed by atoms with Crippen molar-refractivity contribution in [2.45, 2.75) is 45.4 Å². The number of alkyl halides is 3. The van der Waals surface area contributed by atoms with E-state index in [1.807, 2.05) is 0 Å². The molecule has 3 heterocycles. The lowest BCUT2D eigenvalue weighted by molar-refractivity contribution is -0.140. The molecule has 0 saturated heterocycles. The molecule has 6 nitrogen and oxygen atoms in total. The van der Waals surface area contributed by atoms with Crippen molar-refractivity contribution in [3.8, 4) is 0 Å². The monoisotopic (exact) mass is 495 g/mol. The van der Waals surface area contributed by atoms with E-state index >= 15 is 0 Å². The summed E-state index contributed by atoms with van der Waals surface area (Å²) in [5, 5.41) is 0. The summed E-state index contributed by atoms with van der Waals surface area (Å²) in [6.45, 7) is 6.56. The van der Waals surface area contributed by atoms with Crippen molar-refractivity contribution in [2.24, 2.45) is 0 Å². The Bertz CT molecular complexity index is 1360. The maximum atomic E-state index is 13.8. The molecule has 1 amide bonds. The highest BCUT2D eigenvalue weighted by Crippen LogP contribution is 2.39. The third-order valence-electron chi connectivity index (χ3n) is 5.63. The van der Waals surface area contributed by atoms with Crippen LogP contribution in [0.2, 0.25) is 0 Å². The van der Waals surface area contributed by atoms with Crippen LogP contribution in [0.15, 0.2) is 36.7 Å². The number of ether oxygens (including phenoxy) is 1. The quantitative estimate of drug-likeness (QED) is 0.397. The van der Waals surface area contributed by atoms with E-state index in [4.69, 9.17) is 4.74 Å². The van der Waals surface area contributed by atoms with Crippen LogP contribution < -0.4 is 0 Å². The second kappa shape index (κ2) is 8.24. The maximum absolute atomic E-state index is 13.8. The van der Waals surface area contributed by atoms with Gasteiger partial charge in [-0.25, -0.2) is 13.6 Å². The number of imidazole rings is 1. The van der Waals surface area contributed by atoms with Gasteiger partial charge >= 0.3 is 12.1 Å². The maximum Gasteiger partial charge on any atom is 0.417 e. The minimum Gasteiger partial charge on any atom is -0.459 e. The van der Waals surface area contributed by atoms with Crippen LogP contribution in [0, 0.1) is 11.6 Å². The van der Waals surface area contributed by atoms with E-state index in [9.17, 15) is 31.5 Å². The number of carbonyl (C=O) groups is 2. The summed E-state index contributed by atoms with van der Waals surface area (Å²) in [5.41, 5.74) is -1.48. The summed E-state index contributed by atoms with van der Waals surface area (Å²) in [6, 6.07) is 3.60. The number of aromatic amines is 1. The molecule has 0 atom stereocenters. The van der Waals surface area contributed by atoms with Crippen LogP contribution in [0.3, 0.4) is 0 Å². The fourth-order valence-corrected chi connectivity index (χ4v) is 4.19. The average molecular weight is 495 g/mol. The summed E-state index contributed by atoms with van der Waals surface area (Å²) < 4.78 is 73.9. The van der Waals surface area contributed by atoms with Crippen LogP contribution in [-0.4, -0.2) is 38.8 Å². The Hall–Kier alpha value is -3.63. The number of nitrogens with zero attached hydrogens (tertiary/aromatic N) is 2. The van der Waals surface area contributed by atoms with Gasteiger partial charge < -0.3 is 19.0 Å². The standard InChI is InChI=1S/C24H22F5N3O3/c1-12(2)35-22(34)15-10-31(21(33)13-5-6-16(25)17(26)7-13)11-23(3,4)20-19(15)30-18-8-14(9-32(18)20)24(27,28)29/h5-10,12,30H,11H2,1-4H3. The zero-order valence-electron chi connectivity index (χ0n) is 19.3. The third kappa shape index (κ3) is 4.42. The van der Waals surface area contributed by atoms with E-state index in [1.165, 1.54) is 10.6 Å². The molecule has 1 aliphatic rings. The Morgan fingerprint density at radius 1 is 1.11 bits per heavy atom. The van der Waals surface area contributed by atoms with Crippen molar-refractivity contribution in [2.75, 3.05) is 6.54 Å². The minimum atomic E-state index is -4.58. The molecule has 186 valence electrons. The molecular weight excluding hydrogens is 473 g/mol. The smallest absolute Gasteiger partial charge is 0.417 e. The van der Waals surface area contributed by atoms with Gasteiger partial charge in [0.2, 0.25) is 0 Å². The lowest BCUT2D eigenvalue weighted by Crippen LogP contribution is -2.37. The molecule has 0 fully saturated rings. The highest BCUT2D eigenvalue weighted by molar-refractivity contribution is 6.17. The fraction of sp³-hybridized carbons (Fsp3) is 0.333. The van der Waals surface area contributed by atoms with E-state index in [2.05, 4.69) is 4.98 Å². The van der Waals surface area contributed by atoms with Gasteiger partial charge in [0.15, 0.2) is 11.6 Å². The molecule has 3 aromatic rings. The van der Waals surface area contributed by atoms with Crippen LogP contribution in [0.5, 0.6) is 0 Å². The predicted octanol–water partition coefficient (Wildman–Crippen LogP) is 5.29. The number of carbonyl (C=O) groups excluding carboxylic acids is 2. The van der Waals surface area contributed by atoms with Crippen LogP contribution >= 0.6 is 0 Å². The molecule has 2 aromatic heterocycles. The topological polar surface area (TPSA) is 66.8 Å². The summed E-state index contributed by atoms with van der Waals surface area (Å²) in [7, 11) is 0. The largest absolute Gasteiger partial charge is 0.459 e. The van der Waals surface area contributed by atoms with Crippen molar-refractivity contribution in [1.29, 1.82) is 0 Å². The van der Waals surface area contributed by atoms with Crippen LogP contribution in [0.1, 0.15) is 55.0 Å². The molecule has 0 saturated carbocycles. The van der Waals surface area contributed by atoms with Gasteiger partial charge in [-0.2, -0.15) is 13.2 Å². The highest BCUT2D eigenvalue weighted by atomic mass is 19.4. The van der Waals surface area contributed by atoms with E-state index in [1.54, 1.807) is 27.7 Å². The molecule has 11 heteroatoms. The Labute approximate surface area is 197 Å². The van der Waals surface area contributed by atoms with Gasteiger partial charge in [0.05, 0.1) is 23.1 Å². The van der Waals surface area contributed by atoms with Gasteiger partial charge in [-0.3, -0.25) is 4.79 Å². The number of rotatable bonds is 3. The number of amides is 1. The Morgan fingerprint density at radius 3 is 2.40 bits per heavy atom. The van der Waals surface area contributed by atoms with Gasteiger partial charge in [0.25, 0.3) is 5.91 Å². The Balaban J connectivity index is 1.89. The van der Waals surface area contributed by atoms with Crippen molar-refractivity contribution >= 4 is 23.1 Å². The molecule has 0 radical (unpaired) electrons. The molecule has 0 spiro atoms. The van der Waals surface area contributed by atoms with Crippen molar-refractivity contribution in [3.63, 3.8) is 0 Å². The van der Waals surface area contributed by atoms with Gasteiger partial charge in [0, 0.05) is 29.9 Å². The Morgan fingerprint density at radius 2 is 1.80 bits per heavy atom. The molecule has 1 aliphatic heterocycles. The van der Waals surface area contributed by atoms with E-state index in [-0.39, 0.29) is 29.0 Å². The first-order valence-corrected chi connectivity index (χ1v) is 10.7. The summed E-state index contributed by atoms with van der Waals surface area (Å²) in [4.78, 5) is 30.3. The SMILES string of the molecule is CC(C)OC(=O)C1=CN(C(=O)c2ccc(F)c(F)c2)CC(C)(C)c2c1[nH]c1cc(C(F)(F)F)cn21. The molecule has 0 unspecified atom stereocenters. The van der Waals surface area contributed by atoms with Crippen LogP contribution in [0.4, 0.5) is 22.0 Å². The van der Waals surface area contributed by atoms with Crippen molar-refractivity contribution < 1.29 is 36.3 Å². The molecule has 35 heavy (non-hydrogen) atoms. The first-order valence-electron chi connectivity index (χ1n) is 10.7. The third-order valence-corrected chi connectivity index (χ3v) is 5.63. The number of nitrogens with one attached hydrogen (secondary N) is 1.